The van der Waals surface area contributed by atoms with Gasteiger partial charge >= 0.3 is 6.09 Å². The Morgan fingerprint density at radius 1 is 1.18 bits per heavy atom. The van der Waals surface area contributed by atoms with Gasteiger partial charge in [0, 0.05) is 12.5 Å². The van der Waals surface area contributed by atoms with Gasteiger partial charge in [-0.15, -0.1) is 0 Å². The molecule has 1 radical (unpaired) electrons. The Bertz CT molecular complexity index is 955. The van der Waals surface area contributed by atoms with E-state index >= 15 is 0 Å². The summed E-state index contributed by atoms with van der Waals surface area (Å²) in [7, 11) is 1.80. The van der Waals surface area contributed by atoms with Crippen molar-refractivity contribution in [1.29, 1.82) is 0 Å². The van der Waals surface area contributed by atoms with Crippen LogP contribution in [-0.2, 0) is 14.0 Å². The molecule has 1 N–H and O–H groups in total. The molecule has 187 valence electrons. The number of Topliss-reactive ketones (excluding diaryl/α,β-unsaturated/α-hetero) is 1. The molecule has 1 aromatic carbocycles. The van der Waals surface area contributed by atoms with Gasteiger partial charge in [-0.3, -0.25) is 14.9 Å². The summed E-state index contributed by atoms with van der Waals surface area (Å²) < 4.78 is 22.0. The maximum absolute atomic E-state index is 13.8. The summed E-state index contributed by atoms with van der Waals surface area (Å²) in [5.74, 6) is 0.342. The molecule has 1 saturated heterocycles. The van der Waals surface area contributed by atoms with Crippen LogP contribution in [0.3, 0.4) is 0 Å². The van der Waals surface area contributed by atoms with E-state index < -0.39 is 27.1 Å². The Morgan fingerprint density at radius 3 is 2.26 bits per heavy atom. The molecule has 34 heavy (non-hydrogen) atoms. The number of benzene rings is 1. The molecule has 0 aromatic heterocycles. The minimum atomic E-state index is -1.10. The second kappa shape index (κ2) is 11.0. The smallest absolute Gasteiger partial charge is 0.416 e. The maximum atomic E-state index is 13.8. The van der Waals surface area contributed by atoms with Crippen LogP contribution >= 0.6 is 0 Å². The highest BCUT2D eigenvalue weighted by atomic mass is 28.3. The zero-order chi connectivity index (χ0) is 25.8. The lowest BCUT2D eigenvalue weighted by Gasteiger charge is -2.40. The molecular formula is C24H35N2O7Si. The number of nitrogens with one attached hydrogen (secondary N) is 1. The van der Waals surface area contributed by atoms with Gasteiger partial charge in [-0.2, -0.15) is 0 Å². The summed E-state index contributed by atoms with van der Waals surface area (Å²) in [4.78, 5) is 40.2. The van der Waals surface area contributed by atoms with Crippen molar-refractivity contribution in [1.82, 2.24) is 4.90 Å². The number of carbonyl (C=O) groups excluding carboxylic acids is 3. The molecule has 2 atom stereocenters. The molecule has 0 bridgehead atoms. The van der Waals surface area contributed by atoms with Crippen molar-refractivity contribution in [3.63, 3.8) is 0 Å². The fourth-order valence-corrected chi connectivity index (χ4v) is 4.92. The molecule has 2 amide bonds. The zero-order valence-corrected chi connectivity index (χ0v) is 22.2. The molecule has 0 saturated carbocycles. The molecule has 1 aliphatic heterocycles. The second-order valence-corrected chi connectivity index (χ2v) is 11.6. The van der Waals surface area contributed by atoms with Gasteiger partial charge in [0.15, 0.2) is 17.3 Å². The van der Waals surface area contributed by atoms with Crippen molar-refractivity contribution in [2.24, 2.45) is 5.41 Å². The van der Waals surface area contributed by atoms with Crippen molar-refractivity contribution in [2.45, 2.75) is 59.4 Å². The van der Waals surface area contributed by atoms with Crippen LogP contribution in [0.2, 0.25) is 13.1 Å². The molecule has 9 nitrogen and oxygen atoms in total. The number of carbonyl (C=O) groups is 3. The lowest BCUT2D eigenvalue weighted by atomic mass is 9.83. The summed E-state index contributed by atoms with van der Waals surface area (Å²) in [6.07, 6.45) is -0.934. The summed E-state index contributed by atoms with van der Waals surface area (Å²) >= 11 is 0. The highest BCUT2D eigenvalue weighted by Crippen LogP contribution is 2.37. The number of anilines is 1. The van der Waals surface area contributed by atoms with Crippen molar-refractivity contribution >= 4 is 32.5 Å². The highest BCUT2D eigenvalue weighted by Gasteiger charge is 2.45. The summed E-state index contributed by atoms with van der Waals surface area (Å²) in [6, 6.07) is 2.53. The van der Waals surface area contributed by atoms with Crippen LogP contribution in [-0.4, -0.2) is 64.6 Å². The Hall–Kier alpha value is -2.85. The number of methoxy groups -OCH3 is 2. The molecule has 0 spiro atoms. The van der Waals surface area contributed by atoms with Gasteiger partial charge in [0.25, 0.3) is 5.91 Å². The molecule has 10 heteroatoms. The molecule has 2 rings (SSSR count). The third-order valence-corrected chi connectivity index (χ3v) is 5.99. The monoisotopic (exact) mass is 491 g/mol. The Kier molecular flexibility index (Phi) is 8.90. The Balaban J connectivity index is 2.54. The number of nitrogens with zero attached hydrogens (tertiary/aromatic N) is 1. The molecule has 1 fully saturated rings. The van der Waals surface area contributed by atoms with E-state index in [9.17, 15) is 14.4 Å². The molecule has 0 aliphatic carbocycles. The predicted molar refractivity (Wildman–Crippen MR) is 131 cm³/mol. The molecule has 1 unspecified atom stereocenters. The van der Waals surface area contributed by atoms with E-state index in [2.05, 4.69) is 11.9 Å². The van der Waals surface area contributed by atoms with Crippen molar-refractivity contribution in [3.05, 3.63) is 30.0 Å². The molecule has 1 aliphatic rings. The normalized spacial score (nSPS) is 16.9. The van der Waals surface area contributed by atoms with Crippen LogP contribution < -0.4 is 14.8 Å². The molecule has 1 heterocycles. The maximum Gasteiger partial charge on any atom is 0.416 e. The fourth-order valence-electron chi connectivity index (χ4n) is 3.90. The van der Waals surface area contributed by atoms with Gasteiger partial charge in [0.2, 0.25) is 9.04 Å². The number of rotatable bonds is 8. The topological polar surface area (TPSA) is 103 Å². The van der Waals surface area contributed by atoms with Crippen molar-refractivity contribution in [3.8, 4) is 11.5 Å². The fraction of sp³-hybridized carbons (Fsp3) is 0.542. The van der Waals surface area contributed by atoms with Crippen LogP contribution in [0.4, 0.5) is 10.5 Å². The van der Waals surface area contributed by atoms with E-state index in [-0.39, 0.29) is 47.3 Å². The number of hydrogen-bond donors (Lipinski definition) is 1. The molecule has 1 aromatic rings. The number of allylic oxidation sites excluding steroid dienone is 1. The van der Waals surface area contributed by atoms with Gasteiger partial charge in [-0.05, 0) is 31.5 Å². The van der Waals surface area contributed by atoms with Gasteiger partial charge in [-0.1, -0.05) is 27.4 Å². The third-order valence-electron chi connectivity index (χ3n) is 5.27. The summed E-state index contributed by atoms with van der Waals surface area (Å²) in [5, 5.41) is 2.57. The van der Waals surface area contributed by atoms with E-state index in [1.54, 1.807) is 0 Å². The Labute approximate surface area is 203 Å². The Morgan fingerprint density at radius 2 is 1.76 bits per heavy atom. The van der Waals surface area contributed by atoms with E-state index in [0.717, 1.165) is 0 Å². The van der Waals surface area contributed by atoms with E-state index in [4.69, 9.17) is 18.6 Å². The quantitative estimate of drug-likeness (QED) is 0.428. The van der Waals surface area contributed by atoms with Crippen LogP contribution in [0.25, 0.3) is 0 Å². The first kappa shape index (κ1) is 27.4. The lowest BCUT2D eigenvalue weighted by molar-refractivity contribution is -0.117. The molecular weight excluding hydrogens is 456 g/mol. The van der Waals surface area contributed by atoms with Crippen molar-refractivity contribution in [2.75, 3.05) is 26.1 Å². The van der Waals surface area contributed by atoms with E-state index in [1.807, 2.05) is 33.9 Å². The number of ketones is 1. The first-order valence-electron chi connectivity index (χ1n) is 11.0. The summed E-state index contributed by atoms with van der Waals surface area (Å²) in [5.41, 5.74) is -0.00198. The van der Waals surface area contributed by atoms with E-state index in [1.165, 1.54) is 38.2 Å². The van der Waals surface area contributed by atoms with Crippen LogP contribution in [0.5, 0.6) is 11.5 Å². The minimum Gasteiger partial charge on any atom is -0.493 e. The number of amides is 2. The highest BCUT2D eigenvalue weighted by molar-refractivity contribution is 6.48. The number of ether oxygens (including phenoxy) is 3. The van der Waals surface area contributed by atoms with Gasteiger partial charge in [0.05, 0.1) is 49.9 Å². The SMILES string of the molecule is C=C(C)OC(=O)Nc1cc(OC)c(OC)cc1C(=O)N1CC(=O)C[C@H]1C(O[Si](C)C)C(C)(C)C. The van der Waals surface area contributed by atoms with Gasteiger partial charge < -0.3 is 23.5 Å². The van der Waals surface area contributed by atoms with Gasteiger partial charge in [-0.25, -0.2) is 4.79 Å². The third kappa shape index (κ3) is 6.60. The number of likely N-dealkylation sites (tertiary alicyclic amines) is 1. The minimum absolute atomic E-state index is 0.0427. The van der Waals surface area contributed by atoms with Crippen LogP contribution in [0.1, 0.15) is 44.5 Å². The number of hydrogen-bond acceptors (Lipinski definition) is 7. The second-order valence-electron chi connectivity index (χ2n) is 9.53. The predicted octanol–water partition coefficient (Wildman–Crippen LogP) is 4.25. The average molecular weight is 492 g/mol. The van der Waals surface area contributed by atoms with Crippen LogP contribution in [0.15, 0.2) is 24.5 Å². The first-order valence-corrected chi connectivity index (χ1v) is 13.4. The average Bonchev–Trinajstić information content (AvgIpc) is 3.10. The van der Waals surface area contributed by atoms with E-state index in [0.29, 0.717) is 11.5 Å². The van der Waals surface area contributed by atoms with Crippen molar-refractivity contribution < 1.29 is 33.0 Å². The summed E-state index contributed by atoms with van der Waals surface area (Å²) in [6.45, 7) is 15.2. The standard InChI is InChI=1S/C24H35N2O7Si/c1-14(2)32-23(29)25-17-12-20(31-7)19(30-6)11-16(17)22(28)26-13-15(27)10-18(26)21(24(3,4)5)33-34(8)9/h11-12,18,21H,1,10,13H2,2-9H3,(H,25,29)/t18-,21?/m0/s1. The van der Waals surface area contributed by atoms with Crippen LogP contribution in [0, 0.1) is 5.41 Å². The first-order chi connectivity index (χ1) is 15.8. The lowest BCUT2D eigenvalue weighted by Crippen LogP contribution is -2.50. The largest absolute Gasteiger partial charge is 0.493 e. The zero-order valence-electron chi connectivity index (χ0n) is 21.2. The van der Waals surface area contributed by atoms with Gasteiger partial charge in [0.1, 0.15) is 0 Å².